The highest BCUT2D eigenvalue weighted by Crippen LogP contribution is 2.26. The second-order valence-corrected chi connectivity index (χ2v) is 5.34. The lowest BCUT2D eigenvalue weighted by atomic mass is 9.88. The Morgan fingerprint density at radius 2 is 2.11 bits per heavy atom. The van der Waals surface area contributed by atoms with Gasteiger partial charge in [-0.2, -0.15) is 0 Å². The number of hydrogen-bond donors (Lipinski definition) is 2. The van der Waals surface area contributed by atoms with Crippen molar-refractivity contribution < 1.29 is 9.53 Å². The topological polar surface area (TPSA) is 77.2 Å². The molecule has 1 aromatic rings. The fraction of sp³-hybridized carbons (Fsp3) is 0.538. The predicted octanol–water partition coefficient (Wildman–Crippen LogP) is 2.30. The summed E-state index contributed by atoms with van der Waals surface area (Å²) in [6.45, 7) is 8.40. The SMILES string of the molecule is COC(=O)c1ccnc(NC(C)C(C)(C)C)c1N. The first-order valence-corrected chi connectivity index (χ1v) is 5.86. The smallest absolute Gasteiger partial charge is 0.340 e. The first-order chi connectivity index (χ1) is 8.27. The quantitative estimate of drug-likeness (QED) is 0.806. The van der Waals surface area contributed by atoms with Crippen molar-refractivity contribution in [2.45, 2.75) is 33.7 Å². The summed E-state index contributed by atoms with van der Waals surface area (Å²) in [5, 5.41) is 3.23. The number of esters is 1. The molecule has 0 saturated carbocycles. The molecule has 0 bridgehead atoms. The molecule has 100 valence electrons. The normalized spacial score (nSPS) is 12.9. The van der Waals surface area contributed by atoms with Gasteiger partial charge < -0.3 is 15.8 Å². The van der Waals surface area contributed by atoms with E-state index >= 15 is 0 Å². The van der Waals surface area contributed by atoms with Crippen molar-refractivity contribution in [3.63, 3.8) is 0 Å². The molecule has 0 spiro atoms. The Kier molecular flexibility index (Phi) is 4.16. The molecule has 18 heavy (non-hydrogen) atoms. The largest absolute Gasteiger partial charge is 0.465 e. The molecule has 0 aliphatic carbocycles. The molecule has 5 heteroatoms. The maximum Gasteiger partial charge on any atom is 0.340 e. The fourth-order valence-electron chi connectivity index (χ4n) is 1.30. The van der Waals surface area contributed by atoms with Gasteiger partial charge in [-0.05, 0) is 18.4 Å². The molecule has 0 saturated heterocycles. The van der Waals surface area contributed by atoms with E-state index < -0.39 is 5.97 Å². The number of nitrogens with zero attached hydrogens (tertiary/aromatic N) is 1. The Morgan fingerprint density at radius 1 is 1.50 bits per heavy atom. The highest BCUT2D eigenvalue weighted by Gasteiger charge is 2.22. The molecule has 1 aromatic heterocycles. The number of hydrogen-bond acceptors (Lipinski definition) is 5. The molecule has 0 amide bonds. The molecule has 0 aromatic carbocycles. The van der Waals surface area contributed by atoms with E-state index in [9.17, 15) is 4.79 Å². The van der Waals surface area contributed by atoms with Crippen LogP contribution in [-0.4, -0.2) is 24.1 Å². The summed E-state index contributed by atoms with van der Waals surface area (Å²) < 4.78 is 4.67. The van der Waals surface area contributed by atoms with Crippen molar-refractivity contribution in [2.75, 3.05) is 18.2 Å². The van der Waals surface area contributed by atoms with E-state index in [-0.39, 0.29) is 11.5 Å². The second-order valence-electron chi connectivity index (χ2n) is 5.34. The van der Waals surface area contributed by atoms with Gasteiger partial charge in [-0.25, -0.2) is 9.78 Å². The summed E-state index contributed by atoms with van der Waals surface area (Å²) in [7, 11) is 1.33. The Balaban J connectivity index is 3.01. The number of pyridine rings is 1. The Hall–Kier alpha value is -1.78. The van der Waals surface area contributed by atoms with Crippen LogP contribution in [0, 0.1) is 5.41 Å². The highest BCUT2D eigenvalue weighted by molar-refractivity contribution is 5.97. The number of rotatable bonds is 3. The van der Waals surface area contributed by atoms with Gasteiger partial charge in [0, 0.05) is 12.2 Å². The van der Waals surface area contributed by atoms with Crippen LogP contribution in [0.3, 0.4) is 0 Å². The monoisotopic (exact) mass is 251 g/mol. The molecule has 0 aliphatic rings. The summed E-state index contributed by atoms with van der Waals surface area (Å²) in [6, 6.07) is 1.72. The van der Waals surface area contributed by atoms with Crippen LogP contribution in [0.2, 0.25) is 0 Å². The summed E-state index contributed by atoms with van der Waals surface area (Å²) in [6.07, 6.45) is 1.54. The number of nitrogens with one attached hydrogen (secondary N) is 1. The van der Waals surface area contributed by atoms with E-state index in [4.69, 9.17) is 5.73 Å². The number of anilines is 2. The molecule has 1 unspecified atom stereocenters. The zero-order chi connectivity index (χ0) is 13.9. The van der Waals surface area contributed by atoms with Gasteiger partial charge in [0.2, 0.25) is 0 Å². The molecule has 0 radical (unpaired) electrons. The third kappa shape index (κ3) is 3.12. The van der Waals surface area contributed by atoms with Gasteiger partial charge in [0.05, 0.1) is 18.4 Å². The first-order valence-electron chi connectivity index (χ1n) is 5.86. The number of nitrogen functional groups attached to an aromatic ring is 1. The molecule has 1 rings (SSSR count). The number of aromatic nitrogens is 1. The predicted molar refractivity (Wildman–Crippen MR) is 72.5 cm³/mol. The summed E-state index contributed by atoms with van der Waals surface area (Å²) in [5.74, 6) is 0.0571. The van der Waals surface area contributed by atoms with Gasteiger partial charge in [0.15, 0.2) is 0 Å². The maximum atomic E-state index is 11.5. The number of carbonyl (C=O) groups excluding carboxylic acids is 1. The third-order valence-corrected chi connectivity index (χ3v) is 3.05. The van der Waals surface area contributed by atoms with Crippen LogP contribution in [0.25, 0.3) is 0 Å². The first kappa shape index (κ1) is 14.3. The third-order valence-electron chi connectivity index (χ3n) is 3.05. The van der Waals surface area contributed by atoms with Crippen molar-refractivity contribution in [2.24, 2.45) is 5.41 Å². The number of ether oxygens (including phenoxy) is 1. The standard InChI is InChI=1S/C13H21N3O2/c1-8(13(2,3)4)16-11-10(14)9(6-7-15-11)12(17)18-5/h6-8H,14H2,1-5H3,(H,15,16). The average Bonchev–Trinajstić information content (AvgIpc) is 2.29. The fourth-order valence-corrected chi connectivity index (χ4v) is 1.30. The van der Waals surface area contributed by atoms with E-state index in [0.717, 1.165) is 0 Å². The van der Waals surface area contributed by atoms with Gasteiger partial charge in [-0.15, -0.1) is 0 Å². The molecular weight excluding hydrogens is 230 g/mol. The molecule has 0 fully saturated rings. The Bertz CT molecular complexity index is 438. The Labute approximate surface area is 108 Å². The minimum Gasteiger partial charge on any atom is -0.465 e. The van der Waals surface area contributed by atoms with Crippen molar-refractivity contribution in [3.8, 4) is 0 Å². The van der Waals surface area contributed by atoms with Crippen LogP contribution in [0.4, 0.5) is 11.5 Å². The summed E-state index contributed by atoms with van der Waals surface area (Å²) in [5.41, 5.74) is 6.64. The zero-order valence-electron chi connectivity index (χ0n) is 11.6. The molecule has 0 aliphatic heterocycles. The van der Waals surface area contributed by atoms with Gasteiger partial charge >= 0.3 is 5.97 Å². The van der Waals surface area contributed by atoms with E-state index in [2.05, 4.69) is 35.8 Å². The van der Waals surface area contributed by atoms with Crippen LogP contribution in [0.15, 0.2) is 12.3 Å². The molecule has 3 N–H and O–H groups in total. The van der Waals surface area contributed by atoms with Crippen LogP contribution in [-0.2, 0) is 4.74 Å². The van der Waals surface area contributed by atoms with Crippen LogP contribution in [0.1, 0.15) is 38.1 Å². The second kappa shape index (κ2) is 5.25. The van der Waals surface area contributed by atoms with E-state index in [1.54, 1.807) is 12.3 Å². The summed E-state index contributed by atoms with van der Waals surface area (Å²) >= 11 is 0. The lowest BCUT2D eigenvalue weighted by molar-refractivity contribution is 0.0602. The number of carbonyl (C=O) groups is 1. The van der Waals surface area contributed by atoms with Gasteiger partial charge in [0.25, 0.3) is 0 Å². The van der Waals surface area contributed by atoms with E-state index in [0.29, 0.717) is 17.1 Å². The van der Waals surface area contributed by atoms with Gasteiger partial charge in [-0.3, -0.25) is 0 Å². The van der Waals surface area contributed by atoms with E-state index in [1.165, 1.54) is 7.11 Å². The number of methoxy groups -OCH3 is 1. The lowest BCUT2D eigenvalue weighted by Gasteiger charge is -2.29. The van der Waals surface area contributed by atoms with Crippen molar-refractivity contribution in [1.29, 1.82) is 0 Å². The van der Waals surface area contributed by atoms with E-state index in [1.807, 2.05) is 6.92 Å². The highest BCUT2D eigenvalue weighted by atomic mass is 16.5. The molecule has 1 atom stereocenters. The van der Waals surface area contributed by atoms with Crippen molar-refractivity contribution in [3.05, 3.63) is 17.8 Å². The van der Waals surface area contributed by atoms with Gasteiger partial charge in [0.1, 0.15) is 5.82 Å². The molecular formula is C13H21N3O2. The summed E-state index contributed by atoms with van der Waals surface area (Å²) in [4.78, 5) is 15.7. The molecule has 1 heterocycles. The molecule has 5 nitrogen and oxygen atoms in total. The number of nitrogens with two attached hydrogens (primary N) is 1. The zero-order valence-corrected chi connectivity index (χ0v) is 11.6. The van der Waals surface area contributed by atoms with Crippen LogP contribution < -0.4 is 11.1 Å². The van der Waals surface area contributed by atoms with Crippen molar-refractivity contribution in [1.82, 2.24) is 4.98 Å². The average molecular weight is 251 g/mol. The van der Waals surface area contributed by atoms with Gasteiger partial charge in [-0.1, -0.05) is 20.8 Å². The van der Waals surface area contributed by atoms with Crippen LogP contribution >= 0.6 is 0 Å². The maximum absolute atomic E-state index is 11.5. The van der Waals surface area contributed by atoms with Crippen molar-refractivity contribution >= 4 is 17.5 Å². The lowest BCUT2D eigenvalue weighted by Crippen LogP contribution is -2.31. The minimum absolute atomic E-state index is 0.0649. The minimum atomic E-state index is -0.457. The Morgan fingerprint density at radius 3 is 2.61 bits per heavy atom. The van der Waals surface area contributed by atoms with Crippen LogP contribution in [0.5, 0.6) is 0 Å².